The van der Waals surface area contributed by atoms with Crippen LogP contribution in [0.2, 0.25) is 0 Å². The Hall–Kier alpha value is -4.57. The summed E-state index contributed by atoms with van der Waals surface area (Å²) in [6.45, 7) is 6.00. The molecular formula is C34H39N5O4S. The fraction of sp³-hybridized carbons (Fsp3) is 0.294. The van der Waals surface area contributed by atoms with E-state index in [2.05, 4.69) is 15.3 Å². The number of benzene rings is 3. The van der Waals surface area contributed by atoms with Gasteiger partial charge in [0.1, 0.15) is 6.04 Å². The van der Waals surface area contributed by atoms with Gasteiger partial charge in [0.05, 0.1) is 20.0 Å². The molecular weight excluding hydrogens is 574 g/mol. The zero-order valence-electron chi connectivity index (χ0n) is 26.2. The van der Waals surface area contributed by atoms with E-state index in [0.29, 0.717) is 27.9 Å². The van der Waals surface area contributed by atoms with Gasteiger partial charge in [-0.05, 0) is 79.9 Å². The molecule has 4 aromatic rings. The third-order valence-electron chi connectivity index (χ3n) is 7.14. The second-order valence-electron chi connectivity index (χ2n) is 10.6. The third kappa shape index (κ3) is 8.08. The lowest BCUT2D eigenvalue weighted by Gasteiger charge is -2.32. The minimum absolute atomic E-state index is 0.0450. The molecule has 3 aromatic carbocycles. The maximum atomic E-state index is 14.3. The SMILES string of the molecule is COc1ccc(C(C(=O)Nc2ccc(N(C)C)cc2)N(Cc2ccccc2C)C(=O)CSc2nc(C)cc(C)n2)cc1OC. The van der Waals surface area contributed by atoms with Gasteiger partial charge < -0.3 is 24.6 Å². The van der Waals surface area contributed by atoms with E-state index in [1.807, 2.05) is 94.4 Å². The van der Waals surface area contributed by atoms with Crippen molar-refractivity contribution in [2.45, 2.75) is 38.5 Å². The molecule has 0 saturated carbocycles. The average Bonchev–Trinajstić information content (AvgIpc) is 3.00. The number of hydrogen-bond acceptors (Lipinski definition) is 8. The number of aromatic nitrogens is 2. The highest BCUT2D eigenvalue weighted by atomic mass is 32.2. The molecule has 2 amide bonds. The lowest BCUT2D eigenvalue weighted by Crippen LogP contribution is -2.42. The topological polar surface area (TPSA) is 96.9 Å². The Bertz CT molecular complexity index is 1590. The number of amides is 2. The average molecular weight is 614 g/mol. The fourth-order valence-electron chi connectivity index (χ4n) is 4.81. The molecule has 1 aromatic heterocycles. The molecule has 1 N–H and O–H groups in total. The number of methoxy groups -OCH3 is 2. The van der Waals surface area contributed by atoms with E-state index in [-0.39, 0.29) is 24.1 Å². The van der Waals surface area contributed by atoms with Crippen molar-refractivity contribution in [3.05, 3.63) is 101 Å². The number of carbonyl (C=O) groups excluding carboxylic acids is 2. The van der Waals surface area contributed by atoms with Gasteiger partial charge in [-0.15, -0.1) is 0 Å². The number of ether oxygens (including phenoxy) is 2. The molecule has 0 aliphatic rings. The predicted molar refractivity (Wildman–Crippen MR) is 176 cm³/mol. The van der Waals surface area contributed by atoms with E-state index in [4.69, 9.17) is 9.47 Å². The molecule has 0 fully saturated rings. The first-order valence-electron chi connectivity index (χ1n) is 14.2. The number of rotatable bonds is 12. The Kier molecular flexibility index (Phi) is 10.8. The van der Waals surface area contributed by atoms with E-state index in [1.165, 1.54) is 11.8 Å². The van der Waals surface area contributed by atoms with Crippen molar-refractivity contribution < 1.29 is 19.1 Å². The highest BCUT2D eigenvalue weighted by Crippen LogP contribution is 2.34. The van der Waals surface area contributed by atoms with Crippen LogP contribution >= 0.6 is 11.8 Å². The van der Waals surface area contributed by atoms with Gasteiger partial charge in [-0.1, -0.05) is 42.1 Å². The van der Waals surface area contributed by atoms with E-state index in [9.17, 15) is 9.59 Å². The summed E-state index contributed by atoms with van der Waals surface area (Å²) >= 11 is 1.25. The van der Waals surface area contributed by atoms with Crippen LogP contribution in [0.3, 0.4) is 0 Å². The second kappa shape index (κ2) is 14.7. The minimum Gasteiger partial charge on any atom is -0.493 e. The van der Waals surface area contributed by atoms with Crippen molar-refractivity contribution in [1.29, 1.82) is 0 Å². The zero-order valence-corrected chi connectivity index (χ0v) is 27.1. The van der Waals surface area contributed by atoms with Crippen LogP contribution in [-0.2, 0) is 16.1 Å². The lowest BCUT2D eigenvalue weighted by molar-refractivity contribution is -0.137. The molecule has 0 aliphatic heterocycles. The van der Waals surface area contributed by atoms with Crippen LogP contribution in [0.25, 0.3) is 0 Å². The van der Waals surface area contributed by atoms with Crippen molar-refractivity contribution in [1.82, 2.24) is 14.9 Å². The monoisotopic (exact) mass is 613 g/mol. The van der Waals surface area contributed by atoms with Gasteiger partial charge >= 0.3 is 0 Å². The minimum atomic E-state index is -0.990. The third-order valence-corrected chi connectivity index (χ3v) is 7.98. The number of thioether (sulfide) groups is 1. The van der Waals surface area contributed by atoms with Crippen molar-refractivity contribution >= 4 is 35.0 Å². The van der Waals surface area contributed by atoms with Gasteiger partial charge in [0.15, 0.2) is 16.7 Å². The quantitative estimate of drug-likeness (QED) is 0.154. The van der Waals surface area contributed by atoms with Gasteiger partial charge in [0.25, 0.3) is 5.91 Å². The molecule has 1 unspecified atom stereocenters. The molecule has 1 heterocycles. The van der Waals surface area contributed by atoms with Crippen molar-refractivity contribution in [2.75, 3.05) is 44.3 Å². The van der Waals surface area contributed by atoms with Gasteiger partial charge in [0, 0.05) is 43.4 Å². The molecule has 230 valence electrons. The number of nitrogens with one attached hydrogen (secondary N) is 1. The first-order valence-corrected chi connectivity index (χ1v) is 15.2. The number of hydrogen-bond donors (Lipinski definition) is 1. The summed E-state index contributed by atoms with van der Waals surface area (Å²) in [5, 5.41) is 3.56. The van der Waals surface area contributed by atoms with Crippen LogP contribution in [0.5, 0.6) is 11.5 Å². The lowest BCUT2D eigenvalue weighted by atomic mass is 10.0. The van der Waals surface area contributed by atoms with Gasteiger partial charge in [0.2, 0.25) is 5.91 Å². The molecule has 0 saturated heterocycles. The summed E-state index contributed by atoms with van der Waals surface area (Å²) in [6.07, 6.45) is 0. The van der Waals surface area contributed by atoms with E-state index < -0.39 is 6.04 Å². The van der Waals surface area contributed by atoms with Crippen molar-refractivity contribution in [3.8, 4) is 11.5 Å². The molecule has 44 heavy (non-hydrogen) atoms. The predicted octanol–water partition coefficient (Wildman–Crippen LogP) is 5.99. The Morgan fingerprint density at radius 1 is 0.864 bits per heavy atom. The maximum absolute atomic E-state index is 14.3. The summed E-state index contributed by atoms with van der Waals surface area (Å²) in [4.78, 5) is 41.0. The molecule has 0 radical (unpaired) electrons. The van der Waals surface area contributed by atoms with Gasteiger partial charge in [-0.25, -0.2) is 9.97 Å². The van der Waals surface area contributed by atoms with Crippen LogP contribution in [0.4, 0.5) is 11.4 Å². The van der Waals surface area contributed by atoms with Gasteiger partial charge in [-0.2, -0.15) is 0 Å². The van der Waals surface area contributed by atoms with Crippen LogP contribution < -0.4 is 19.7 Å². The Morgan fingerprint density at radius 2 is 1.52 bits per heavy atom. The number of aryl methyl sites for hydroxylation is 3. The molecule has 0 aliphatic carbocycles. The highest BCUT2D eigenvalue weighted by Gasteiger charge is 2.33. The Labute approximate surface area is 263 Å². The molecule has 9 nitrogen and oxygen atoms in total. The van der Waals surface area contributed by atoms with Crippen LogP contribution in [0.15, 0.2) is 78.0 Å². The second-order valence-corrected chi connectivity index (χ2v) is 11.6. The normalized spacial score (nSPS) is 11.4. The first kappa shape index (κ1) is 32.3. The van der Waals surface area contributed by atoms with E-state index in [0.717, 1.165) is 28.2 Å². The molecule has 0 spiro atoms. The molecule has 1 atom stereocenters. The number of anilines is 2. The highest BCUT2D eigenvalue weighted by molar-refractivity contribution is 7.99. The van der Waals surface area contributed by atoms with Gasteiger partial charge in [-0.3, -0.25) is 9.59 Å². The van der Waals surface area contributed by atoms with Crippen LogP contribution in [-0.4, -0.2) is 60.8 Å². The molecule has 10 heteroatoms. The number of carbonyl (C=O) groups is 2. The smallest absolute Gasteiger partial charge is 0.251 e. The molecule has 4 rings (SSSR count). The summed E-state index contributed by atoms with van der Waals surface area (Å²) in [7, 11) is 7.01. The summed E-state index contributed by atoms with van der Waals surface area (Å²) in [6, 6.07) is 21.6. The Balaban J connectivity index is 1.77. The van der Waals surface area contributed by atoms with E-state index in [1.54, 1.807) is 37.3 Å². The van der Waals surface area contributed by atoms with E-state index >= 15 is 0 Å². The fourth-order valence-corrected chi connectivity index (χ4v) is 5.65. The summed E-state index contributed by atoms with van der Waals surface area (Å²) in [5.41, 5.74) is 5.80. The largest absolute Gasteiger partial charge is 0.493 e. The maximum Gasteiger partial charge on any atom is 0.251 e. The molecule has 0 bridgehead atoms. The number of nitrogens with zero attached hydrogens (tertiary/aromatic N) is 4. The van der Waals surface area contributed by atoms with Crippen LogP contribution in [0, 0.1) is 20.8 Å². The first-order chi connectivity index (χ1) is 21.1. The summed E-state index contributed by atoms with van der Waals surface area (Å²) in [5.74, 6) is 0.431. The standard InChI is InChI=1S/C34H39N5O4S/c1-22-10-8-9-11-26(22)20-39(31(40)21-44-34-35-23(2)18-24(3)36-34)32(25-12-17-29(42-6)30(19-25)43-7)33(41)37-27-13-15-28(16-14-27)38(4)5/h8-19,32H,20-21H2,1-7H3,(H,37,41). The summed E-state index contributed by atoms with van der Waals surface area (Å²) < 4.78 is 11.0. The zero-order chi connectivity index (χ0) is 31.8. The Morgan fingerprint density at radius 3 is 2.14 bits per heavy atom. The van der Waals surface area contributed by atoms with Crippen molar-refractivity contribution in [2.24, 2.45) is 0 Å². The van der Waals surface area contributed by atoms with Crippen LogP contribution in [0.1, 0.15) is 34.1 Å². The van der Waals surface area contributed by atoms with Crippen molar-refractivity contribution in [3.63, 3.8) is 0 Å².